The summed E-state index contributed by atoms with van der Waals surface area (Å²) in [6.45, 7) is 3.55. The summed E-state index contributed by atoms with van der Waals surface area (Å²) in [5, 5.41) is 3.72. The first-order valence-corrected chi connectivity index (χ1v) is 13.7. The second-order valence-electron chi connectivity index (χ2n) is 7.68. The lowest BCUT2D eigenvalue weighted by Gasteiger charge is -2.23. The fourth-order valence-corrected chi connectivity index (χ4v) is 6.01. The fraction of sp³-hybridized carbons (Fsp3) is 0.240. The van der Waals surface area contributed by atoms with Crippen LogP contribution in [0.25, 0.3) is 0 Å². The summed E-state index contributed by atoms with van der Waals surface area (Å²) in [6, 6.07) is 16.8. The topological polar surface area (TPSA) is 66.5 Å². The lowest BCUT2D eigenvalue weighted by atomic mass is 10.0. The van der Waals surface area contributed by atoms with Crippen LogP contribution < -0.4 is 5.32 Å². The van der Waals surface area contributed by atoms with Crippen LogP contribution in [-0.4, -0.2) is 25.2 Å². The van der Waals surface area contributed by atoms with Gasteiger partial charge in [-0.25, -0.2) is 8.42 Å². The van der Waals surface area contributed by atoms with Gasteiger partial charge in [-0.3, -0.25) is 4.79 Å². The Hall–Kier alpha value is -1.90. The molecular formula is C25H25BrCl2N2O3S. The molecule has 0 unspecified atom stereocenters. The van der Waals surface area contributed by atoms with Crippen molar-refractivity contribution in [3.8, 4) is 0 Å². The Morgan fingerprint density at radius 3 is 2.12 bits per heavy atom. The zero-order valence-electron chi connectivity index (χ0n) is 18.8. The molecule has 34 heavy (non-hydrogen) atoms. The molecule has 1 amide bonds. The van der Waals surface area contributed by atoms with E-state index >= 15 is 0 Å². The molecular weight excluding hydrogens is 559 g/mol. The van der Waals surface area contributed by atoms with Crippen molar-refractivity contribution in [2.24, 2.45) is 0 Å². The zero-order valence-corrected chi connectivity index (χ0v) is 22.7. The van der Waals surface area contributed by atoms with E-state index in [-0.39, 0.29) is 18.0 Å². The molecule has 0 saturated heterocycles. The number of benzene rings is 3. The molecule has 180 valence electrons. The van der Waals surface area contributed by atoms with Crippen LogP contribution in [0.15, 0.2) is 70.0 Å². The number of nitrogens with zero attached hydrogens (tertiary/aromatic N) is 1. The van der Waals surface area contributed by atoms with Crippen molar-refractivity contribution in [2.45, 2.75) is 38.1 Å². The lowest BCUT2D eigenvalue weighted by Crippen LogP contribution is -2.38. The smallest absolute Gasteiger partial charge is 0.243 e. The fourth-order valence-electron chi connectivity index (χ4n) is 3.59. The lowest BCUT2D eigenvalue weighted by molar-refractivity contribution is -0.116. The van der Waals surface area contributed by atoms with Crippen LogP contribution in [0.4, 0.5) is 5.69 Å². The van der Waals surface area contributed by atoms with Gasteiger partial charge in [-0.1, -0.05) is 77.2 Å². The van der Waals surface area contributed by atoms with Gasteiger partial charge in [0.2, 0.25) is 15.9 Å². The van der Waals surface area contributed by atoms with E-state index in [2.05, 4.69) is 21.2 Å². The Morgan fingerprint density at radius 2 is 1.56 bits per heavy atom. The van der Waals surface area contributed by atoms with E-state index in [0.29, 0.717) is 28.5 Å². The summed E-state index contributed by atoms with van der Waals surface area (Å²) in [7, 11) is -3.98. The van der Waals surface area contributed by atoms with Crippen molar-refractivity contribution in [1.82, 2.24) is 4.31 Å². The quantitative estimate of drug-likeness (QED) is 0.304. The van der Waals surface area contributed by atoms with Crippen molar-refractivity contribution < 1.29 is 13.2 Å². The van der Waals surface area contributed by atoms with Crippen molar-refractivity contribution in [3.05, 3.63) is 91.9 Å². The molecule has 0 spiro atoms. The molecule has 0 bridgehead atoms. The van der Waals surface area contributed by atoms with Crippen LogP contribution in [0.2, 0.25) is 10.0 Å². The summed E-state index contributed by atoms with van der Waals surface area (Å²) in [5.41, 5.74) is 3.21. The molecule has 0 aliphatic carbocycles. The number of carbonyl (C=O) groups is 1. The number of hydrogen-bond donors (Lipinski definition) is 1. The Morgan fingerprint density at radius 1 is 0.941 bits per heavy atom. The molecule has 0 radical (unpaired) electrons. The number of nitrogens with one attached hydrogen (secondary N) is 1. The summed E-state index contributed by atoms with van der Waals surface area (Å²) < 4.78 is 29.0. The van der Waals surface area contributed by atoms with E-state index in [4.69, 9.17) is 23.2 Å². The molecule has 3 aromatic carbocycles. The molecule has 0 atom stereocenters. The SMILES string of the molecule is CCc1cc(Br)cc(CC)c1NC(=O)CN(Cc1ccc(Cl)cc1Cl)S(=O)(=O)c1ccccc1. The Balaban J connectivity index is 1.95. The third-order valence-electron chi connectivity index (χ3n) is 5.36. The minimum Gasteiger partial charge on any atom is -0.324 e. The van der Waals surface area contributed by atoms with Crippen molar-refractivity contribution >= 4 is 60.7 Å². The average Bonchev–Trinajstić information content (AvgIpc) is 2.81. The summed E-state index contributed by atoms with van der Waals surface area (Å²) in [6.07, 6.45) is 1.43. The molecule has 0 fully saturated rings. The van der Waals surface area contributed by atoms with Gasteiger partial charge in [-0.15, -0.1) is 0 Å². The van der Waals surface area contributed by atoms with Gasteiger partial charge in [0.25, 0.3) is 0 Å². The number of carbonyl (C=O) groups excluding carboxylic acids is 1. The van der Waals surface area contributed by atoms with Gasteiger partial charge >= 0.3 is 0 Å². The van der Waals surface area contributed by atoms with Crippen LogP contribution in [0.1, 0.15) is 30.5 Å². The number of hydrogen-bond acceptors (Lipinski definition) is 3. The third-order valence-corrected chi connectivity index (χ3v) is 8.21. The van der Waals surface area contributed by atoms with Crippen molar-refractivity contribution in [2.75, 3.05) is 11.9 Å². The normalized spacial score (nSPS) is 11.6. The number of aryl methyl sites for hydroxylation is 2. The minimum atomic E-state index is -3.98. The van der Waals surface area contributed by atoms with Gasteiger partial charge in [0, 0.05) is 26.8 Å². The van der Waals surface area contributed by atoms with Crippen LogP contribution >= 0.6 is 39.1 Å². The second-order valence-corrected chi connectivity index (χ2v) is 11.4. The number of amides is 1. The number of rotatable bonds is 9. The van der Waals surface area contributed by atoms with Crippen molar-refractivity contribution in [3.63, 3.8) is 0 Å². The van der Waals surface area contributed by atoms with E-state index in [1.54, 1.807) is 36.4 Å². The predicted octanol–water partition coefficient (Wildman–Crippen LogP) is 6.71. The van der Waals surface area contributed by atoms with E-state index in [1.807, 2.05) is 26.0 Å². The molecule has 0 aliphatic heterocycles. The molecule has 0 aromatic heterocycles. The molecule has 0 heterocycles. The molecule has 5 nitrogen and oxygen atoms in total. The highest BCUT2D eigenvalue weighted by Crippen LogP contribution is 2.29. The Kier molecular flexibility index (Phi) is 9.18. The molecule has 1 N–H and O–H groups in total. The largest absolute Gasteiger partial charge is 0.324 e. The minimum absolute atomic E-state index is 0.0811. The summed E-state index contributed by atoms with van der Waals surface area (Å²) in [4.78, 5) is 13.3. The maximum Gasteiger partial charge on any atom is 0.243 e. The number of sulfonamides is 1. The highest BCUT2D eigenvalue weighted by Gasteiger charge is 2.28. The summed E-state index contributed by atoms with van der Waals surface area (Å²) in [5.74, 6) is -0.434. The maximum absolute atomic E-state index is 13.5. The van der Waals surface area contributed by atoms with Gasteiger partial charge in [-0.2, -0.15) is 4.31 Å². The molecule has 9 heteroatoms. The monoisotopic (exact) mass is 582 g/mol. The van der Waals surface area contributed by atoms with Gasteiger partial charge in [0.1, 0.15) is 0 Å². The van der Waals surface area contributed by atoms with E-state index in [1.165, 1.54) is 12.1 Å². The highest BCUT2D eigenvalue weighted by atomic mass is 79.9. The van der Waals surface area contributed by atoms with E-state index < -0.39 is 15.9 Å². The van der Waals surface area contributed by atoms with Crippen molar-refractivity contribution in [1.29, 1.82) is 0 Å². The Labute approximate surface area is 219 Å². The first kappa shape index (κ1) is 26.7. The highest BCUT2D eigenvalue weighted by molar-refractivity contribution is 9.10. The van der Waals surface area contributed by atoms with Gasteiger partial charge in [0.15, 0.2) is 0 Å². The number of halogens is 3. The third kappa shape index (κ3) is 6.40. The first-order valence-electron chi connectivity index (χ1n) is 10.8. The van der Waals surface area contributed by atoms with Crippen LogP contribution in [-0.2, 0) is 34.2 Å². The van der Waals surface area contributed by atoms with E-state index in [9.17, 15) is 13.2 Å². The van der Waals surface area contributed by atoms with E-state index in [0.717, 1.165) is 25.6 Å². The van der Waals surface area contributed by atoms with Gasteiger partial charge < -0.3 is 5.32 Å². The summed E-state index contributed by atoms with van der Waals surface area (Å²) >= 11 is 15.8. The van der Waals surface area contributed by atoms with Crippen LogP contribution in [0, 0.1) is 0 Å². The van der Waals surface area contributed by atoms with Gasteiger partial charge in [0.05, 0.1) is 11.4 Å². The molecule has 3 aromatic rings. The maximum atomic E-state index is 13.5. The first-order chi connectivity index (χ1) is 16.1. The predicted molar refractivity (Wildman–Crippen MR) is 142 cm³/mol. The molecule has 0 saturated carbocycles. The van der Waals surface area contributed by atoms with Crippen LogP contribution in [0.3, 0.4) is 0 Å². The molecule has 3 rings (SSSR count). The Bertz CT molecular complexity index is 1260. The standard InChI is InChI=1S/C25H25BrCl2N2O3S/c1-3-17-12-20(26)13-18(4-2)25(17)29-24(31)16-30(15-19-10-11-21(27)14-23(19)28)34(32,33)22-8-6-5-7-9-22/h5-14H,3-4,15-16H2,1-2H3,(H,29,31). The van der Waals surface area contributed by atoms with Crippen LogP contribution in [0.5, 0.6) is 0 Å². The zero-order chi connectivity index (χ0) is 24.9. The second kappa shape index (κ2) is 11.7. The molecule has 0 aliphatic rings. The van der Waals surface area contributed by atoms with Gasteiger partial charge in [-0.05, 0) is 65.9 Å². The number of anilines is 1. The average molecular weight is 584 g/mol.